The van der Waals surface area contributed by atoms with E-state index in [9.17, 15) is 4.79 Å². The minimum atomic E-state index is -0.370. The molecule has 1 amide bonds. The molecule has 1 aliphatic heterocycles. The fourth-order valence-electron chi connectivity index (χ4n) is 3.41. The number of nitrogens with one attached hydrogen (secondary N) is 2. The first-order chi connectivity index (χ1) is 8.07. The van der Waals surface area contributed by atoms with Crippen molar-refractivity contribution < 1.29 is 4.79 Å². The molecule has 0 aromatic rings. The fraction of sp³-hybridized carbons (Fsp3) is 0.846. The van der Waals surface area contributed by atoms with Gasteiger partial charge < -0.3 is 5.32 Å². The summed E-state index contributed by atoms with van der Waals surface area (Å²) in [6.45, 7) is 4.48. The molecule has 0 radical (unpaired) electrons. The molecule has 2 unspecified atom stereocenters. The minimum absolute atomic E-state index is 0.135. The Balaban J connectivity index is 1.79. The Kier molecular flexibility index (Phi) is 2.42. The van der Waals surface area contributed by atoms with Gasteiger partial charge in [0.15, 0.2) is 5.96 Å². The van der Waals surface area contributed by atoms with Crippen LogP contribution in [0.5, 0.6) is 0 Å². The lowest BCUT2D eigenvalue weighted by molar-refractivity contribution is -0.126. The van der Waals surface area contributed by atoms with Crippen LogP contribution in [0.4, 0.5) is 0 Å². The summed E-state index contributed by atoms with van der Waals surface area (Å²) in [5.41, 5.74) is -0.370. The van der Waals surface area contributed by atoms with Gasteiger partial charge in [0.25, 0.3) is 5.91 Å². The quantitative estimate of drug-likeness (QED) is 0.722. The van der Waals surface area contributed by atoms with Crippen molar-refractivity contribution in [2.45, 2.75) is 57.5 Å². The van der Waals surface area contributed by atoms with E-state index < -0.39 is 0 Å². The molecule has 3 rings (SSSR count). The molecule has 0 aromatic carbocycles. The van der Waals surface area contributed by atoms with Gasteiger partial charge in [-0.15, -0.1) is 0 Å². The van der Waals surface area contributed by atoms with Crippen LogP contribution in [0.2, 0.25) is 0 Å². The van der Waals surface area contributed by atoms with Crippen LogP contribution in [0, 0.1) is 11.8 Å². The van der Waals surface area contributed by atoms with Gasteiger partial charge in [-0.1, -0.05) is 13.8 Å². The fourth-order valence-corrected chi connectivity index (χ4v) is 3.41. The first-order valence-electron chi connectivity index (χ1n) is 6.75. The summed E-state index contributed by atoms with van der Waals surface area (Å²) in [5.74, 6) is 2.07. The van der Waals surface area contributed by atoms with Gasteiger partial charge in [-0.25, -0.2) is 4.99 Å². The standard InChI is InChI=1S/C13H21N3O/c1-8-5-9(2)7-13(6-8)11(17)15-12(16-13)14-10-3-4-10/h8-10H,3-7H2,1-2H3,(H2,14,15,16,17). The van der Waals surface area contributed by atoms with E-state index >= 15 is 0 Å². The minimum Gasteiger partial charge on any atom is -0.342 e. The molecule has 0 bridgehead atoms. The number of hydrogen-bond acceptors (Lipinski definition) is 2. The third kappa shape index (κ3) is 2.05. The first-order valence-corrected chi connectivity index (χ1v) is 6.75. The maximum atomic E-state index is 12.2. The zero-order chi connectivity index (χ0) is 12.0. The smallest absolute Gasteiger partial charge is 0.252 e. The molecule has 2 atom stereocenters. The van der Waals surface area contributed by atoms with Gasteiger partial charge in [-0.05, 0) is 43.9 Å². The second kappa shape index (κ2) is 3.72. The van der Waals surface area contributed by atoms with Gasteiger partial charge in [0.2, 0.25) is 0 Å². The molecule has 2 aliphatic carbocycles. The first kappa shape index (κ1) is 11.1. The van der Waals surface area contributed by atoms with E-state index in [1.165, 1.54) is 19.3 Å². The van der Waals surface area contributed by atoms with Crippen molar-refractivity contribution in [1.82, 2.24) is 10.6 Å². The maximum absolute atomic E-state index is 12.2. The summed E-state index contributed by atoms with van der Waals surface area (Å²) < 4.78 is 0. The largest absolute Gasteiger partial charge is 0.342 e. The third-order valence-corrected chi connectivity index (χ3v) is 4.08. The Morgan fingerprint density at radius 2 is 1.88 bits per heavy atom. The van der Waals surface area contributed by atoms with Crippen molar-refractivity contribution in [2.75, 3.05) is 0 Å². The maximum Gasteiger partial charge on any atom is 0.252 e. The van der Waals surface area contributed by atoms with Crippen LogP contribution in [-0.4, -0.2) is 23.4 Å². The molecular weight excluding hydrogens is 214 g/mol. The molecule has 0 aromatic heterocycles. The molecule has 94 valence electrons. The Morgan fingerprint density at radius 3 is 2.47 bits per heavy atom. The average molecular weight is 235 g/mol. The van der Waals surface area contributed by atoms with E-state index in [1.54, 1.807) is 0 Å². The number of aliphatic imine (C=N–C) groups is 1. The van der Waals surface area contributed by atoms with Crippen LogP contribution < -0.4 is 10.6 Å². The average Bonchev–Trinajstić information content (AvgIpc) is 2.94. The highest BCUT2D eigenvalue weighted by molar-refractivity contribution is 6.09. The second-order valence-electron chi connectivity index (χ2n) is 6.22. The summed E-state index contributed by atoms with van der Waals surface area (Å²) in [4.78, 5) is 16.7. The molecule has 1 saturated heterocycles. The highest BCUT2D eigenvalue weighted by Crippen LogP contribution is 2.37. The van der Waals surface area contributed by atoms with Gasteiger partial charge in [0, 0.05) is 0 Å². The summed E-state index contributed by atoms with van der Waals surface area (Å²) in [5, 5.41) is 6.30. The van der Waals surface area contributed by atoms with E-state index in [0.717, 1.165) is 18.8 Å². The zero-order valence-corrected chi connectivity index (χ0v) is 10.6. The molecule has 3 fully saturated rings. The lowest BCUT2D eigenvalue weighted by atomic mass is 9.72. The number of rotatable bonds is 1. The molecule has 1 heterocycles. The van der Waals surface area contributed by atoms with Gasteiger partial charge in [0.1, 0.15) is 5.54 Å². The SMILES string of the molecule is CC1CC(C)CC2(C1)NC(=NC1CC1)NC2=O. The molecule has 3 aliphatic rings. The Bertz CT molecular complexity index is 363. The molecule has 4 heteroatoms. The molecule has 1 spiro atoms. The molecule has 2 saturated carbocycles. The van der Waals surface area contributed by atoms with Crippen LogP contribution in [0.1, 0.15) is 46.0 Å². The number of nitrogens with zero attached hydrogens (tertiary/aromatic N) is 1. The van der Waals surface area contributed by atoms with E-state index in [1.807, 2.05) is 0 Å². The van der Waals surface area contributed by atoms with Crippen LogP contribution in [-0.2, 0) is 4.79 Å². The van der Waals surface area contributed by atoms with Crippen molar-refractivity contribution in [3.05, 3.63) is 0 Å². The second-order valence-corrected chi connectivity index (χ2v) is 6.22. The Hall–Kier alpha value is -1.06. The molecular formula is C13H21N3O. The molecule has 17 heavy (non-hydrogen) atoms. The highest BCUT2D eigenvalue weighted by Gasteiger charge is 2.49. The number of guanidine groups is 1. The normalized spacial score (nSPS) is 43.9. The number of amides is 1. The van der Waals surface area contributed by atoms with E-state index in [-0.39, 0.29) is 11.4 Å². The van der Waals surface area contributed by atoms with Gasteiger partial charge in [0.05, 0.1) is 6.04 Å². The zero-order valence-electron chi connectivity index (χ0n) is 10.6. The van der Waals surface area contributed by atoms with Crippen LogP contribution in [0.25, 0.3) is 0 Å². The van der Waals surface area contributed by atoms with E-state index in [4.69, 9.17) is 0 Å². The highest BCUT2D eigenvalue weighted by atomic mass is 16.2. The number of carbonyl (C=O) groups excluding carboxylic acids is 1. The summed E-state index contributed by atoms with van der Waals surface area (Å²) in [6.07, 6.45) is 5.44. The van der Waals surface area contributed by atoms with Crippen molar-refractivity contribution in [3.63, 3.8) is 0 Å². The van der Waals surface area contributed by atoms with E-state index in [0.29, 0.717) is 17.9 Å². The van der Waals surface area contributed by atoms with Crippen LogP contribution in [0.15, 0.2) is 4.99 Å². The molecule has 2 N–H and O–H groups in total. The van der Waals surface area contributed by atoms with Crippen molar-refractivity contribution in [3.8, 4) is 0 Å². The Morgan fingerprint density at radius 1 is 1.24 bits per heavy atom. The van der Waals surface area contributed by atoms with Crippen molar-refractivity contribution in [1.29, 1.82) is 0 Å². The lowest BCUT2D eigenvalue weighted by Crippen LogP contribution is -2.51. The lowest BCUT2D eigenvalue weighted by Gasteiger charge is -2.37. The van der Waals surface area contributed by atoms with Gasteiger partial charge >= 0.3 is 0 Å². The number of hydrogen-bond donors (Lipinski definition) is 2. The predicted molar refractivity (Wildman–Crippen MR) is 66.6 cm³/mol. The summed E-state index contributed by atoms with van der Waals surface area (Å²) >= 11 is 0. The van der Waals surface area contributed by atoms with E-state index in [2.05, 4.69) is 29.5 Å². The third-order valence-electron chi connectivity index (χ3n) is 4.08. The topological polar surface area (TPSA) is 53.5 Å². The summed E-state index contributed by atoms with van der Waals surface area (Å²) in [7, 11) is 0. The van der Waals surface area contributed by atoms with Gasteiger partial charge in [-0.3, -0.25) is 10.1 Å². The monoisotopic (exact) mass is 235 g/mol. The van der Waals surface area contributed by atoms with Crippen LogP contribution in [0.3, 0.4) is 0 Å². The predicted octanol–water partition coefficient (Wildman–Crippen LogP) is 1.42. The summed E-state index contributed by atoms with van der Waals surface area (Å²) in [6, 6.07) is 0.450. The number of carbonyl (C=O) groups is 1. The van der Waals surface area contributed by atoms with Gasteiger partial charge in [-0.2, -0.15) is 0 Å². The molecule has 4 nitrogen and oxygen atoms in total. The van der Waals surface area contributed by atoms with Crippen molar-refractivity contribution in [2.24, 2.45) is 16.8 Å². The van der Waals surface area contributed by atoms with Crippen molar-refractivity contribution >= 4 is 11.9 Å². The Labute approximate surface area is 102 Å². The van der Waals surface area contributed by atoms with Crippen LogP contribution >= 0.6 is 0 Å².